The third-order valence-corrected chi connectivity index (χ3v) is 4.06. The van der Waals surface area contributed by atoms with E-state index in [0.29, 0.717) is 28.9 Å². The maximum Gasteiger partial charge on any atom is 0.341 e. The zero-order valence-corrected chi connectivity index (χ0v) is 15.5. The lowest BCUT2D eigenvalue weighted by Crippen LogP contribution is -2.25. The number of rotatable bonds is 9. The summed E-state index contributed by atoms with van der Waals surface area (Å²) in [5, 5.41) is 0. The predicted octanol–water partition coefficient (Wildman–Crippen LogP) is 4.16. The monoisotopic (exact) mass is 370 g/mol. The van der Waals surface area contributed by atoms with Crippen LogP contribution in [0, 0.1) is 0 Å². The van der Waals surface area contributed by atoms with Crippen LogP contribution in [0.2, 0.25) is 0 Å². The first kappa shape index (κ1) is 20.3. The molecule has 2 rings (SSSR count). The van der Waals surface area contributed by atoms with Crippen molar-refractivity contribution < 1.29 is 19.1 Å². The molecule has 0 saturated carbocycles. The van der Waals surface area contributed by atoms with Crippen LogP contribution in [0.4, 0.5) is 11.4 Å². The molecule has 0 saturated heterocycles. The molecule has 0 bridgehead atoms. The summed E-state index contributed by atoms with van der Waals surface area (Å²) in [4.78, 5) is 24.7. The molecule has 0 heterocycles. The number of carbonyl (C=O) groups is 2. The Morgan fingerprint density at radius 1 is 0.778 bits per heavy atom. The number of unbranched alkanes of at least 4 members (excludes halogenated alkanes) is 3. The Morgan fingerprint density at radius 3 is 1.63 bits per heavy atom. The van der Waals surface area contributed by atoms with Crippen LogP contribution < -0.4 is 11.5 Å². The SMILES string of the molecule is CCCCCCC(OC(=O)c1ccc(N)cc1)OC(=O)c1ccc(N)cc1. The van der Waals surface area contributed by atoms with Gasteiger partial charge in [-0.15, -0.1) is 0 Å². The highest BCUT2D eigenvalue weighted by molar-refractivity contribution is 5.91. The average Bonchev–Trinajstić information content (AvgIpc) is 2.66. The number of anilines is 2. The summed E-state index contributed by atoms with van der Waals surface area (Å²) in [5.41, 5.74) is 13.1. The summed E-state index contributed by atoms with van der Waals surface area (Å²) in [6.45, 7) is 2.11. The molecule has 0 unspecified atom stereocenters. The second-order valence-electron chi connectivity index (χ2n) is 6.33. The number of benzene rings is 2. The van der Waals surface area contributed by atoms with Gasteiger partial charge in [0.15, 0.2) is 0 Å². The molecule has 0 aliphatic rings. The molecule has 4 N–H and O–H groups in total. The van der Waals surface area contributed by atoms with Crippen molar-refractivity contribution in [1.82, 2.24) is 0 Å². The third kappa shape index (κ3) is 6.66. The van der Waals surface area contributed by atoms with E-state index in [1.807, 2.05) is 0 Å². The van der Waals surface area contributed by atoms with Crippen LogP contribution >= 0.6 is 0 Å². The first-order chi connectivity index (χ1) is 13.0. The Morgan fingerprint density at radius 2 is 1.22 bits per heavy atom. The Labute approximate surface area is 159 Å². The molecule has 27 heavy (non-hydrogen) atoms. The molecule has 2 aromatic rings. The van der Waals surface area contributed by atoms with Gasteiger partial charge in [-0.25, -0.2) is 9.59 Å². The molecule has 6 nitrogen and oxygen atoms in total. The third-order valence-electron chi connectivity index (χ3n) is 4.06. The zero-order chi connectivity index (χ0) is 19.6. The van der Waals surface area contributed by atoms with Gasteiger partial charge in [0.25, 0.3) is 0 Å². The van der Waals surface area contributed by atoms with Crippen LogP contribution in [0.1, 0.15) is 59.7 Å². The lowest BCUT2D eigenvalue weighted by Gasteiger charge is -2.18. The summed E-state index contributed by atoms with van der Waals surface area (Å²) >= 11 is 0. The minimum absolute atomic E-state index is 0.353. The van der Waals surface area contributed by atoms with Gasteiger partial charge < -0.3 is 20.9 Å². The van der Waals surface area contributed by atoms with E-state index in [2.05, 4.69) is 6.92 Å². The maximum atomic E-state index is 12.3. The van der Waals surface area contributed by atoms with E-state index in [4.69, 9.17) is 20.9 Å². The molecule has 0 amide bonds. The smallest absolute Gasteiger partial charge is 0.341 e. The van der Waals surface area contributed by atoms with E-state index in [1.54, 1.807) is 48.5 Å². The fourth-order valence-corrected chi connectivity index (χ4v) is 2.49. The van der Waals surface area contributed by atoms with Gasteiger partial charge in [-0.1, -0.05) is 26.2 Å². The molecule has 0 aliphatic carbocycles. The van der Waals surface area contributed by atoms with Gasteiger partial charge in [-0.05, 0) is 55.0 Å². The van der Waals surface area contributed by atoms with E-state index in [0.717, 1.165) is 25.7 Å². The minimum atomic E-state index is -0.947. The van der Waals surface area contributed by atoms with Gasteiger partial charge in [0.1, 0.15) is 0 Å². The molecule has 2 aromatic carbocycles. The second-order valence-corrected chi connectivity index (χ2v) is 6.33. The number of esters is 2. The van der Waals surface area contributed by atoms with Gasteiger partial charge in [0.2, 0.25) is 6.29 Å². The highest BCUT2D eigenvalue weighted by Gasteiger charge is 2.21. The molecule has 0 aliphatic heterocycles. The summed E-state index contributed by atoms with van der Waals surface area (Å²) < 4.78 is 10.9. The molecular formula is C21H26N2O4. The molecule has 0 fully saturated rings. The highest BCUT2D eigenvalue weighted by Crippen LogP contribution is 2.16. The molecule has 144 valence electrons. The van der Waals surface area contributed by atoms with Gasteiger partial charge in [0, 0.05) is 17.8 Å². The van der Waals surface area contributed by atoms with Crippen molar-refractivity contribution in [3.63, 3.8) is 0 Å². The van der Waals surface area contributed by atoms with Gasteiger partial charge in [0.05, 0.1) is 11.1 Å². The fraction of sp³-hybridized carbons (Fsp3) is 0.333. The second kappa shape index (κ2) is 10.2. The van der Waals surface area contributed by atoms with Crippen LogP contribution in [0.5, 0.6) is 0 Å². The number of hydrogen-bond donors (Lipinski definition) is 2. The Kier molecular flexibility index (Phi) is 7.67. The first-order valence-corrected chi connectivity index (χ1v) is 9.12. The normalized spacial score (nSPS) is 10.6. The minimum Gasteiger partial charge on any atom is -0.422 e. The average molecular weight is 370 g/mol. The standard InChI is InChI=1S/C21H26N2O4/c1-2-3-4-5-6-19(26-20(24)15-7-11-17(22)12-8-15)27-21(25)16-9-13-18(23)14-10-16/h7-14,19H,2-6,22-23H2,1H3. The van der Waals surface area contributed by atoms with Crippen molar-refractivity contribution in [1.29, 1.82) is 0 Å². The summed E-state index contributed by atoms with van der Waals surface area (Å²) in [7, 11) is 0. The zero-order valence-electron chi connectivity index (χ0n) is 15.5. The van der Waals surface area contributed by atoms with E-state index in [9.17, 15) is 9.59 Å². The van der Waals surface area contributed by atoms with Crippen molar-refractivity contribution in [2.75, 3.05) is 11.5 Å². The van der Waals surface area contributed by atoms with Gasteiger partial charge >= 0.3 is 11.9 Å². The van der Waals surface area contributed by atoms with Gasteiger partial charge in [-0.3, -0.25) is 0 Å². The highest BCUT2D eigenvalue weighted by atomic mass is 16.7. The Hall–Kier alpha value is -3.02. The van der Waals surface area contributed by atoms with Crippen LogP contribution in [0.25, 0.3) is 0 Å². The van der Waals surface area contributed by atoms with E-state index < -0.39 is 18.2 Å². The number of hydrogen-bond acceptors (Lipinski definition) is 6. The number of carbonyl (C=O) groups excluding carboxylic acids is 2. The van der Waals surface area contributed by atoms with Crippen LogP contribution in [0.3, 0.4) is 0 Å². The van der Waals surface area contributed by atoms with Crippen molar-refractivity contribution in [3.05, 3.63) is 59.7 Å². The topological polar surface area (TPSA) is 105 Å². The lowest BCUT2D eigenvalue weighted by atomic mass is 10.1. The number of nitrogen functional groups attached to an aromatic ring is 2. The maximum absolute atomic E-state index is 12.3. The largest absolute Gasteiger partial charge is 0.422 e. The summed E-state index contributed by atoms with van der Waals surface area (Å²) in [6.07, 6.45) is 3.43. The fourth-order valence-electron chi connectivity index (χ4n) is 2.49. The molecule has 0 aromatic heterocycles. The van der Waals surface area contributed by atoms with E-state index in [1.165, 1.54) is 0 Å². The van der Waals surface area contributed by atoms with Crippen LogP contribution in [-0.4, -0.2) is 18.2 Å². The predicted molar refractivity (Wildman–Crippen MR) is 105 cm³/mol. The Bertz CT molecular complexity index is 682. The molecule has 0 atom stereocenters. The van der Waals surface area contributed by atoms with Gasteiger partial charge in [-0.2, -0.15) is 0 Å². The quantitative estimate of drug-likeness (QED) is 0.297. The van der Waals surface area contributed by atoms with Crippen LogP contribution in [0.15, 0.2) is 48.5 Å². The molecular weight excluding hydrogens is 344 g/mol. The molecule has 0 spiro atoms. The van der Waals surface area contributed by atoms with E-state index >= 15 is 0 Å². The van der Waals surface area contributed by atoms with Crippen LogP contribution in [-0.2, 0) is 9.47 Å². The summed E-state index contributed by atoms with van der Waals surface area (Å²) in [5.74, 6) is -1.11. The molecule has 0 radical (unpaired) electrons. The number of nitrogens with two attached hydrogens (primary N) is 2. The lowest BCUT2D eigenvalue weighted by molar-refractivity contribution is -0.0837. The summed E-state index contributed by atoms with van der Waals surface area (Å²) in [6, 6.07) is 12.8. The van der Waals surface area contributed by atoms with Crippen molar-refractivity contribution in [2.45, 2.75) is 45.3 Å². The molecule has 6 heteroatoms. The first-order valence-electron chi connectivity index (χ1n) is 9.12. The van der Waals surface area contributed by atoms with Crippen molar-refractivity contribution in [3.8, 4) is 0 Å². The Balaban J connectivity index is 2.02. The van der Waals surface area contributed by atoms with Crippen molar-refractivity contribution in [2.24, 2.45) is 0 Å². The number of ether oxygens (including phenoxy) is 2. The van der Waals surface area contributed by atoms with E-state index in [-0.39, 0.29) is 0 Å². The van der Waals surface area contributed by atoms with Crippen molar-refractivity contribution >= 4 is 23.3 Å².